The highest BCUT2D eigenvalue weighted by Gasteiger charge is 2.48. The topological polar surface area (TPSA) is 192 Å². The van der Waals surface area contributed by atoms with Crippen LogP contribution >= 0.6 is 0 Å². The summed E-state index contributed by atoms with van der Waals surface area (Å²) >= 11 is 0. The second kappa shape index (κ2) is 63.1. The van der Waals surface area contributed by atoms with Gasteiger partial charge in [0.2, 0.25) is 5.91 Å². The molecule has 0 aromatic carbocycles. The lowest BCUT2D eigenvalue weighted by Crippen LogP contribution is -2.61. The first-order valence-electron chi connectivity index (χ1n) is 37.4. The minimum atomic E-state index is -5.10. The number of allylic oxidation sites excluding steroid dienone is 5. The summed E-state index contributed by atoms with van der Waals surface area (Å²) in [6.07, 6.45) is 75.2. The molecule has 1 amide bonds. The van der Waals surface area contributed by atoms with Crippen LogP contribution in [0.1, 0.15) is 373 Å². The first kappa shape index (κ1) is 83.3. The fraction of sp³-hybridized carbons (Fsp3) is 0.905. The Balaban J connectivity index is 2.21. The van der Waals surface area contributed by atoms with Gasteiger partial charge >= 0.3 is 10.4 Å². The monoisotopic (exact) mass is 1250 g/mol. The molecule has 7 atom stereocenters. The predicted octanol–water partition coefficient (Wildman–Crippen LogP) is 20.0. The van der Waals surface area contributed by atoms with Crippen molar-refractivity contribution >= 4 is 16.3 Å². The van der Waals surface area contributed by atoms with E-state index in [0.29, 0.717) is 6.42 Å². The number of amides is 1. The molecule has 1 rings (SSSR count). The van der Waals surface area contributed by atoms with Gasteiger partial charge in [0.1, 0.15) is 24.4 Å². The molecule has 0 spiro atoms. The van der Waals surface area contributed by atoms with E-state index in [-0.39, 0.29) is 18.9 Å². The van der Waals surface area contributed by atoms with Gasteiger partial charge in [0.05, 0.1) is 25.4 Å². The zero-order valence-corrected chi connectivity index (χ0v) is 57.4. The van der Waals surface area contributed by atoms with Crippen molar-refractivity contribution < 1.29 is 51.8 Å². The number of aliphatic hydroxyl groups excluding tert-OH is 4. The van der Waals surface area contributed by atoms with Crippen molar-refractivity contribution in [1.82, 2.24) is 5.32 Å². The largest absolute Gasteiger partial charge is 0.397 e. The van der Waals surface area contributed by atoms with Crippen LogP contribution in [0, 0.1) is 0 Å². The zero-order chi connectivity index (χ0) is 63.2. The summed E-state index contributed by atoms with van der Waals surface area (Å²) in [4.78, 5) is 13.2. The molecule has 0 radical (unpaired) electrons. The summed E-state index contributed by atoms with van der Waals surface area (Å²) in [6, 6.07) is -0.946. The average molecular weight is 1250 g/mol. The van der Waals surface area contributed by atoms with Gasteiger partial charge in [-0.05, 0) is 51.4 Å². The van der Waals surface area contributed by atoms with Crippen LogP contribution in [-0.4, -0.2) is 95.4 Å². The Morgan fingerprint density at radius 3 is 1.09 bits per heavy atom. The van der Waals surface area contributed by atoms with E-state index < -0.39 is 59.9 Å². The first-order chi connectivity index (χ1) is 42.5. The van der Waals surface area contributed by atoms with Crippen LogP contribution < -0.4 is 5.32 Å². The molecular weight excluding hydrogens is 1110 g/mol. The number of hydrogen-bond acceptors (Lipinski definition) is 10. The summed E-state index contributed by atoms with van der Waals surface area (Å²) in [5.74, 6) is -0.255. The Kier molecular flexibility index (Phi) is 60.4. The van der Waals surface area contributed by atoms with E-state index in [1.54, 1.807) is 6.08 Å². The van der Waals surface area contributed by atoms with Crippen molar-refractivity contribution in [2.75, 3.05) is 13.2 Å². The number of unbranched alkanes of at least 4 members (excludes halogenated alkanes) is 51. The van der Waals surface area contributed by atoms with Gasteiger partial charge in [0.25, 0.3) is 0 Å². The number of nitrogens with one attached hydrogen (secondary N) is 1. The summed E-state index contributed by atoms with van der Waals surface area (Å²) < 4.78 is 48.1. The quantitative estimate of drug-likeness (QED) is 0.0193. The highest BCUT2D eigenvalue weighted by atomic mass is 32.3. The van der Waals surface area contributed by atoms with E-state index in [1.807, 2.05) is 6.08 Å². The lowest BCUT2D eigenvalue weighted by atomic mass is 9.99. The Hall–Kier alpha value is -1.68. The highest BCUT2D eigenvalue weighted by molar-refractivity contribution is 7.80. The molecule has 0 bridgehead atoms. The van der Waals surface area contributed by atoms with Crippen LogP contribution in [0.15, 0.2) is 36.5 Å². The molecule has 514 valence electrons. The molecule has 1 saturated heterocycles. The molecule has 0 saturated carbocycles. The number of rotatable bonds is 67. The summed E-state index contributed by atoms with van der Waals surface area (Å²) in [6.45, 7) is 3.46. The van der Waals surface area contributed by atoms with Crippen LogP contribution in [0.25, 0.3) is 0 Å². The molecule has 87 heavy (non-hydrogen) atoms. The van der Waals surface area contributed by atoms with Crippen LogP contribution in [0.5, 0.6) is 0 Å². The van der Waals surface area contributed by atoms with E-state index in [0.717, 1.165) is 44.9 Å². The maximum absolute atomic E-state index is 13.2. The molecule has 6 N–H and O–H groups in total. The predicted molar refractivity (Wildman–Crippen MR) is 365 cm³/mol. The second-order valence-electron chi connectivity index (χ2n) is 26.2. The molecule has 1 aliphatic heterocycles. The molecule has 13 heteroatoms. The van der Waals surface area contributed by atoms with Crippen LogP contribution in [0.2, 0.25) is 0 Å². The fourth-order valence-corrected chi connectivity index (χ4v) is 12.7. The van der Waals surface area contributed by atoms with Gasteiger partial charge < -0.3 is 35.2 Å². The van der Waals surface area contributed by atoms with Gasteiger partial charge in [-0.2, -0.15) is 8.42 Å². The Morgan fingerprint density at radius 2 is 0.770 bits per heavy atom. The maximum atomic E-state index is 13.2. The van der Waals surface area contributed by atoms with Crippen molar-refractivity contribution in [1.29, 1.82) is 0 Å². The molecule has 7 unspecified atom stereocenters. The molecule has 12 nitrogen and oxygen atoms in total. The Bertz CT molecular complexity index is 1660. The Morgan fingerprint density at radius 1 is 0.460 bits per heavy atom. The van der Waals surface area contributed by atoms with E-state index in [4.69, 9.17) is 9.47 Å². The van der Waals surface area contributed by atoms with Crippen LogP contribution in [0.4, 0.5) is 0 Å². The minimum Gasteiger partial charge on any atom is -0.394 e. The van der Waals surface area contributed by atoms with Gasteiger partial charge in [-0.15, -0.1) is 0 Å². The standard InChI is InChI=1S/C74H141NO11S/c1-3-5-7-9-11-13-15-17-19-21-23-25-27-29-30-31-32-33-34-35-36-37-38-40-42-44-46-48-50-52-54-56-58-60-62-64-70(78)75-67(66-84-74-72(80)73(86-87(81,82)83)71(79)69(65-76)85-74)68(77)63-61-59-57-55-53-51-49-47-45-43-41-39-28-26-24-22-20-18-16-14-12-10-8-6-4-2/h27,29,31-32,61,63,67-69,71-74,76-77,79-80H,3-26,28,30,33-60,62,64-66H2,1-2H3,(H,75,78)(H,81,82,83)/b29-27-,32-31-,63-61+. The lowest BCUT2D eigenvalue weighted by molar-refractivity contribution is -0.298. The number of hydrogen-bond donors (Lipinski definition) is 6. The fourth-order valence-electron chi connectivity index (χ4n) is 12.2. The van der Waals surface area contributed by atoms with Crippen molar-refractivity contribution in [2.45, 2.75) is 416 Å². The summed E-state index contributed by atoms with van der Waals surface area (Å²) in [5, 5.41) is 45.2. The molecule has 1 heterocycles. The highest BCUT2D eigenvalue weighted by Crippen LogP contribution is 2.27. The third-order valence-corrected chi connectivity index (χ3v) is 18.4. The molecule has 1 aliphatic rings. The summed E-state index contributed by atoms with van der Waals surface area (Å²) in [5.41, 5.74) is 0. The SMILES string of the molecule is CCCCCCCCCCCCC/C=C\C/C=C\CCCCCCCCCCCCCCCCCCCC(=O)NC(COC1OC(CO)C(O)C(OS(=O)(=O)O)C1O)C(O)/C=C/CCCCCCCCCCCCCCCCCCCCCCCCC. The third-order valence-electron chi connectivity index (χ3n) is 17.9. The van der Waals surface area contributed by atoms with E-state index in [9.17, 15) is 38.2 Å². The van der Waals surface area contributed by atoms with Crippen molar-refractivity contribution in [3.8, 4) is 0 Å². The van der Waals surface area contributed by atoms with E-state index >= 15 is 0 Å². The van der Waals surface area contributed by atoms with Crippen molar-refractivity contribution in [3.05, 3.63) is 36.5 Å². The second-order valence-corrected chi connectivity index (χ2v) is 27.3. The first-order valence-corrected chi connectivity index (χ1v) is 38.7. The Labute approximate surface area is 536 Å². The molecule has 0 aromatic heterocycles. The van der Waals surface area contributed by atoms with Gasteiger partial charge in [-0.1, -0.05) is 352 Å². The third kappa shape index (κ3) is 54.6. The van der Waals surface area contributed by atoms with Gasteiger partial charge in [-0.3, -0.25) is 9.35 Å². The van der Waals surface area contributed by atoms with Crippen molar-refractivity contribution in [2.24, 2.45) is 0 Å². The maximum Gasteiger partial charge on any atom is 0.397 e. The molecule has 1 fully saturated rings. The molecular formula is C74H141NO11S. The number of ether oxygens (including phenoxy) is 2. The van der Waals surface area contributed by atoms with Gasteiger partial charge in [0, 0.05) is 6.42 Å². The zero-order valence-electron chi connectivity index (χ0n) is 56.6. The van der Waals surface area contributed by atoms with E-state index in [2.05, 4.69) is 47.7 Å². The number of carbonyl (C=O) groups excluding carboxylic acids is 1. The minimum absolute atomic E-state index is 0.255. The van der Waals surface area contributed by atoms with Crippen LogP contribution in [0.3, 0.4) is 0 Å². The lowest BCUT2D eigenvalue weighted by Gasteiger charge is -2.41. The van der Waals surface area contributed by atoms with Gasteiger partial charge in [-0.25, -0.2) is 4.18 Å². The van der Waals surface area contributed by atoms with E-state index in [1.165, 1.54) is 302 Å². The normalized spacial score (nSPS) is 18.3. The molecule has 0 aliphatic carbocycles. The number of carbonyl (C=O) groups is 1. The molecule has 0 aromatic rings. The van der Waals surface area contributed by atoms with Gasteiger partial charge in [0.15, 0.2) is 6.29 Å². The average Bonchev–Trinajstić information content (AvgIpc) is 1.79. The van der Waals surface area contributed by atoms with Crippen molar-refractivity contribution in [3.63, 3.8) is 0 Å². The summed E-state index contributed by atoms with van der Waals surface area (Å²) in [7, 11) is -5.10. The van der Waals surface area contributed by atoms with Crippen LogP contribution in [-0.2, 0) is 28.9 Å². The number of aliphatic hydroxyl groups is 4. The smallest absolute Gasteiger partial charge is 0.394 e.